The highest BCUT2D eigenvalue weighted by Crippen LogP contribution is 2.47. The van der Waals surface area contributed by atoms with Gasteiger partial charge in [-0.25, -0.2) is 14.8 Å². The second-order valence-electron chi connectivity index (χ2n) is 6.68. The lowest BCUT2D eigenvalue weighted by atomic mass is 9.74. The van der Waals surface area contributed by atoms with E-state index in [0.29, 0.717) is 23.5 Å². The van der Waals surface area contributed by atoms with Crippen LogP contribution in [0.1, 0.15) is 42.6 Å². The predicted octanol–water partition coefficient (Wildman–Crippen LogP) is 1.33. The van der Waals surface area contributed by atoms with Crippen LogP contribution in [0.3, 0.4) is 0 Å². The molecule has 1 aliphatic carbocycles. The van der Waals surface area contributed by atoms with Crippen molar-refractivity contribution in [1.82, 2.24) is 15.3 Å². The van der Waals surface area contributed by atoms with E-state index in [-0.39, 0.29) is 23.0 Å². The zero-order valence-corrected chi connectivity index (χ0v) is 15.3. The second kappa shape index (κ2) is 6.66. The summed E-state index contributed by atoms with van der Waals surface area (Å²) in [6, 6.07) is -0.0242. The first kappa shape index (κ1) is 17.7. The molecule has 1 unspecified atom stereocenters. The van der Waals surface area contributed by atoms with E-state index < -0.39 is 12.0 Å². The number of hydrogen-bond acceptors (Lipinski definition) is 6. The molecule has 1 aromatic heterocycles. The van der Waals surface area contributed by atoms with Crippen molar-refractivity contribution in [3.8, 4) is 0 Å². The number of anilines is 2. The van der Waals surface area contributed by atoms with Gasteiger partial charge in [-0.15, -0.1) is 0 Å². The smallest absolute Gasteiger partial charge is 0.404 e. The highest BCUT2D eigenvalue weighted by atomic mass is 79.9. The Morgan fingerprint density at radius 1 is 1.28 bits per heavy atom. The van der Waals surface area contributed by atoms with Crippen LogP contribution in [0, 0.1) is 5.41 Å². The molecule has 10 heteroatoms. The molecular formula is C15H21BrN6O3. The molecule has 6 N–H and O–H groups in total. The molecule has 1 saturated heterocycles. The van der Waals surface area contributed by atoms with E-state index >= 15 is 0 Å². The molecule has 0 aromatic carbocycles. The van der Waals surface area contributed by atoms with Crippen molar-refractivity contribution in [2.24, 2.45) is 11.1 Å². The van der Waals surface area contributed by atoms with Crippen molar-refractivity contribution in [3.63, 3.8) is 0 Å². The number of aromatic nitrogens is 2. The normalized spacial score (nSPS) is 22.1. The van der Waals surface area contributed by atoms with E-state index in [1.165, 1.54) is 0 Å². The van der Waals surface area contributed by atoms with Gasteiger partial charge in [0.2, 0.25) is 0 Å². The van der Waals surface area contributed by atoms with Gasteiger partial charge in [0.25, 0.3) is 5.91 Å². The molecule has 1 spiro atoms. The molecule has 3 rings (SSSR count). The topological polar surface area (TPSA) is 147 Å². The van der Waals surface area contributed by atoms with Crippen LogP contribution in [0.4, 0.5) is 16.4 Å². The molecule has 25 heavy (non-hydrogen) atoms. The van der Waals surface area contributed by atoms with Crippen molar-refractivity contribution >= 4 is 39.6 Å². The van der Waals surface area contributed by atoms with Gasteiger partial charge < -0.3 is 26.8 Å². The van der Waals surface area contributed by atoms with Crippen LogP contribution >= 0.6 is 15.9 Å². The third-order valence-electron chi connectivity index (χ3n) is 5.36. The molecule has 2 aliphatic rings. The number of nitrogens with two attached hydrogens (primary N) is 2. The van der Waals surface area contributed by atoms with Gasteiger partial charge in [-0.1, -0.05) is 6.42 Å². The van der Waals surface area contributed by atoms with E-state index in [4.69, 9.17) is 16.6 Å². The number of halogens is 1. The van der Waals surface area contributed by atoms with E-state index in [9.17, 15) is 9.59 Å². The van der Waals surface area contributed by atoms with Gasteiger partial charge >= 0.3 is 6.09 Å². The molecule has 1 atom stereocenters. The number of primary amides is 1. The number of nitrogens with zero attached hydrogens (tertiary/aromatic N) is 3. The Kier molecular flexibility index (Phi) is 4.72. The molecule has 1 aromatic rings. The monoisotopic (exact) mass is 412 g/mol. The lowest BCUT2D eigenvalue weighted by Crippen LogP contribution is -2.50. The van der Waals surface area contributed by atoms with Crippen LogP contribution in [0.5, 0.6) is 0 Å². The van der Waals surface area contributed by atoms with Crippen LogP contribution in [-0.2, 0) is 0 Å². The number of nitrogens with one attached hydrogen (secondary N) is 1. The number of carbonyl (C=O) groups excluding carboxylic acids is 1. The molecule has 0 radical (unpaired) electrons. The van der Waals surface area contributed by atoms with Gasteiger partial charge in [0.05, 0.1) is 0 Å². The Morgan fingerprint density at radius 3 is 2.56 bits per heavy atom. The third kappa shape index (κ3) is 3.35. The number of carboxylic acid groups (broad SMARTS) is 1. The Balaban J connectivity index is 1.80. The summed E-state index contributed by atoms with van der Waals surface area (Å²) in [6.07, 6.45) is 3.53. The fourth-order valence-corrected chi connectivity index (χ4v) is 4.35. The average Bonchev–Trinajstić information content (AvgIpc) is 2.92. The number of hydrogen-bond donors (Lipinski definition) is 4. The largest absolute Gasteiger partial charge is 0.465 e. The van der Waals surface area contributed by atoms with E-state index in [0.717, 1.165) is 32.1 Å². The van der Waals surface area contributed by atoms with Gasteiger partial charge in [-0.05, 0) is 47.0 Å². The fourth-order valence-electron chi connectivity index (χ4n) is 4.08. The minimum atomic E-state index is -0.976. The Bertz CT molecular complexity index is 705. The minimum Gasteiger partial charge on any atom is -0.465 e. The molecule has 2 fully saturated rings. The van der Waals surface area contributed by atoms with Crippen molar-refractivity contribution < 1.29 is 14.7 Å². The molecule has 2 amide bonds. The molecule has 136 valence electrons. The van der Waals surface area contributed by atoms with Gasteiger partial charge in [-0.3, -0.25) is 4.79 Å². The van der Waals surface area contributed by atoms with Crippen LogP contribution in [0.2, 0.25) is 0 Å². The summed E-state index contributed by atoms with van der Waals surface area (Å²) >= 11 is 3.16. The number of amides is 2. The van der Waals surface area contributed by atoms with Gasteiger partial charge in [0.1, 0.15) is 4.60 Å². The molecule has 0 bridgehead atoms. The fraction of sp³-hybridized carbons (Fsp3) is 0.600. The van der Waals surface area contributed by atoms with E-state index in [1.54, 1.807) is 0 Å². The minimum absolute atomic E-state index is 0.0242. The molecule has 1 aliphatic heterocycles. The Morgan fingerprint density at radius 2 is 1.96 bits per heavy atom. The van der Waals surface area contributed by atoms with Gasteiger partial charge in [0, 0.05) is 19.1 Å². The Hall–Kier alpha value is -2.10. The number of piperidine rings is 1. The summed E-state index contributed by atoms with van der Waals surface area (Å²) in [7, 11) is 0. The summed E-state index contributed by atoms with van der Waals surface area (Å²) in [5, 5.41) is 11.7. The van der Waals surface area contributed by atoms with E-state index in [1.807, 2.05) is 4.90 Å². The lowest BCUT2D eigenvalue weighted by Gasteiger charge is -2.43. The lowest BCUT2D eigenvalue weighted by molar-refractivity contribution is 0.0994. The number of nitrogen functional groups attached to an aromatic ring is 1. The average molecular weight is 413 g/mol. The van der Waals surface area contributed by atoms with Crippen LogP contribution in [0.25, 0.3) is 0 Å². The summed E-state index contributed by atoms with van der Waals surface area (Å²) in [5.74, 6) is -0.0647. The first-order chi connectivity index (χ1) is 11.8. The predicted molar refractivity (Wildman–Crippen MR) is 95.3 cm³/mol. The number of carbonyl (C=O) groups is 2. The molecule has 1 saturated carbocycles. The maximum Gasteiger partial charge on any atom is 0.404 e. The van der Waals surface area contributed by atoms with Crippen molar-refractivity contribution in [1.29, 1.82) is 0 Å². The first-order valence-corrected chi connectivity index (χ1v) is 8.99. The van der Waals surface area contributed by atoms with Crippen LogP contribution in [0.15, 0.2) is 4.60 Å². The van der Waals surface area contributed by atoms with Gasteiger partial charge in [-0.2, -0.15) is 0 Å². The maximum absolute atomic E-state index is 11.7. The molecular weight excluding hydrogens is 392 g/mol. The van der Waals surface area contributed by atoms with E-state index in [2.05, 4.69) is 31.2 Å². The highest BCUT2D eigenvalue weighted by Gasteiger charge is 2.45. The zero-order chi connectivity index (χ0) is 18.2. The quantitative estimate of drug-likeness (QED) is 0.584. The molecule has 2 heterocycles. The summed E-state index contributed by atoms with van der Waals surface area (Å²) in [4.78, 5) is 33.1. The van der Waals surface area contributed by atoms with Crippen molar-refractivity contribution in [2.45, 2.75) is 38.1 Å². The zero-order valence-electron chi connectivity index (χ0n) is 13.7. The standard InChI is InChI=1S/C15H21BrN6O3/c16-10-11(17)21-13(9(20-10)12(18)23)22-6-4-15(5-7-22)3-1-2-8(15)19-14(24)25/h8,19H,1-7H2,(H2,17,21)(H2,18,23)(H,24,25). The van der Waals surface area contributed by atoms with Crippen molar-refractivity contribution in [2.75, 3.05) is 23.7 Å². The van der Waals surface area contributed by atoms with Crippen molar-refractivity contribution in [3.05, 3.63) is 10.3 Å². The third-order valence-corrected chi connectivity index (χ3v) is 5.94. The SMILES string of the molecule is NC(=O)c1nc(Br)c(N)nc1N1CCC2(CCCC2NC(=O)O)CC1. The summed E-state index contributed by atoms with van der Waals surface area (Å²) < 4.78 is 0.292. The molecule has 9 nitrogen and oxygen atoms in total. The Labute approximate surface area is 153 Å². The summed E-state index contributed by atoms with van der Waals surface area (Å²) in [6.45, 7) is 1.29. The van der Waals surface area contributed by atoms with Crippen LogP contribution in [-0.4, -0.2) is 46.2 Å². The maximum atomic E-state index is 11.7. The highest BCUT2D eigenvalue weighted by molar-refractivity contribution is 9.10. The first-order valence-electron chi connectivity index (χ1n) is 8.19. The van der Waals surface area contributed by atoms with Gasteiger partial charge in [0.15, 0.2) is 17.3 Å². The van der Waals surface area contributed by atoms with Crippen LogP contribution < -0.4 is 21.7 Å². The second-order valence-corrected chi connectivity index (χ2v) is 7.43. The summed E-state index contributed by atoms with van der Waals surface area (Å²) in [5.41, 5.74) is 11.3. The number of rotatable bonds is 3.